The molecule has 0 spiro atoms. The predicted molar refractivity (Wildman–Crippen MR) is 90.0 cm³/mol. The molecule has 1 saturated heterocycles. The fourth-order valence-corrected chi connectivity index (χ4v) is 3.51. The number of carbonyl (C=O) groups excluding carboxylic acids is 2. The summed E-state index contributed by atoms with van der Waals surface area (Å²) in [5, 5.41) is 12.2. The van der Waals surface area contributed by atoms with Crippen molar-refractivity contribution in [2.45, 2.75) is 38.6 Å². The van der Waals surface area contributed by atoms with E-state index in [0.29, 0.717) is 38.2 Å². The summed E-state index contributed by atoms with van der Waals surface area (Å²) in [6.07, 6.45) is 2.51. The monoisotopic (exact) mass is 346 g/mol. The topological polar surface area (TPSA) is 95.9 Å². The summed E-state index contributed by atoms with van der Waals surface area (Å²) in [6.45, 7) is 1.46. The molecule has 1 aliphatic heterocycles. The minimum atomic E-state index is -0.917. The van der Waals surface area contributed by atoms with E-state index in [4.69, 9.17) is 4.74 Å². The van der Waals surface area contributed by atoms with Crippen LogP contribution in [0.25, 0.3) is 0 Å². The molecular weight excluding hydrogens is 324 g/mol. The van der Waals surface area contributed by atoms with Crippen LogP contribution in [0.4, 0.5) is 10.5 Å². The third-order valence-electron chi connectivity index (χ3n) is 4.97. The molecular formula is C18H22N2O5. The molecule has 1 aromatic carbocycles. The van der Waals surface area contributed by atoms with Crippen LogP contribution < -0.4 is 5.32 Å². The molecule has 3 rings (SSSR count). The Hall–Kier alpha value is -2.57. The molecule has 1 aliphatic carbocycles. The minimum absolute atomic E-state index is 0.00367. The lowest BCUT2D eigenvalue weighted by atomic mass is 9.82. The quantitative estimate of drug-likeness (QED) is 0.825. The summed E-state index contributed by atoms with van der Waals surface area (Å²) in [4.78, 5) is 36.8. The molecule has 7 heteroatoms. The first-order valence-electron chi connectivity index (χ1n) is 8.52. The zero-order chi connectivity index (χ0) is 17.9. The van der Waals surface area contributed by atoms with Gasteiger partial charge in [0.25, 0.3) is 0 Å². The number of carbonyl (C=O) groups is 3. The number of carboxylic acids is 1. The van der Waals surface area contributed by atoms with E-state index in [1.165, 1.54) is 0 Å². The molecule has 1 aromatic rings. The lowest BCUT2D eigenvalue weighted by molar-refractivity contribution is -0.150. The van der Waals surface area contributed by atoms with Gasteiger partial charge in [0.15, 0.2) is 0 Å². The van der Waals surface area contributed by atoms with E-state index in [-0.39, 0.29) is 18.4 Å². The Balaban J connectivity index is 1.56. The normalized spacial score (nSPS) is 18.9. The Morgan fingerprint density at radius 2 is 1.88 bits per heavy atom. The molecule has 25 heavy (non-hydrogen) atoms. The second kappa shape index (κ2) is 7.13. The number of hydrogen-bond donors (Lipinski definition) is 2. The number of amides is 2. The van der Waals surface area contributed by atoms with Crippen molar-refractivity contribution in [1.82, 2.24) is 4.90 Å². The number of carboxylic acid groups (broad SMARTS) is 1. The molecule has 0 atom stereocenters. The first-order valence-corrected chi connectivity index (χ1v) is 8.52. The number of nitrogens with zero attached hydrogens (tertiary/aromatic N) is 1. The van der Waals surface area contributed by atoms with E-state index >= 15 is 0 Å². The Morgan fingerprint density at radius 3 is 2.44 bits per heavy atom. The number of anilines is 1. The molecule has 2 amide bonds. The second-order valence-electron chi connectivity index (χ2n) is 6.75. The van der Waals surface area contributed by atoms with Crippen LogP contribution in [0.15, 0.2) is 24.3 Å². The summed E-state index contributed by atoms with van der Waals surface area (Å²) >= 11 is 0. The maximum absolute atomic E-state index is 12.2. The Labute approximate surface area is 146 Å². The Bertz CT molecular complexity index is 665. The van der Waals surface area contributed by atoms with Gasteiger partial charge < -0.3 is 20.1 Å². The van der Waals surface area contributed by atoms with Gasteiger partial charge in [-0.05, 0) is 30.5 Å². The van der Waals surface area contributed by atoms with Crippen LogP contribution in [-0.4, -0.2) is 41.1 Å². The first-order chi connectivity index (χ1) is 12.0. The van der Waals surface area contributed by atoms with Crippen LogP contribution in [0.5, 0.6) is 0 Å². The number of cyclic esters (lactones) is 1. The number of benzene rings is 1. The standard InChI is InChI=1S/C18H22N2O5/c21-15(11-18(16(22)23)7-1-2-8-18)19-14-5-3-13(4-6-14)12-20-9-10-25-17(20)24/h3-6H,1-2,7-12H2,(H,19,21)(H,22,23). The van der Waals surface area contributed by atoms with E-state index in [1.807, 2.05) is 12.1 Å². The molecule has 0 radical (unpaired) electrons. The predicted octanol–water partition coefficient (Wildman–Crippen LogP) is 2.61. The highest BCUT2D eigenvalue weighted by Gasteiger charge is 2.42. The average molecular weight is 346 g/mol. The van der Waals surface area contributed by atoms with Gasteiger partial charge in [-0.3, -0.25) is 9.59 Å². The highest BCUT2D eigenvalue weighted by Crippen LogP contribution is 2.41. The van der Waals surface area contributed by atoms with Crippen LogP contribution in [0.3, 0.4) is 0 Å². The van der Waals surface area contributed by atoms with Crippen LogP contribution in [0.1, 0.15) is 37.7 Å². The molecule has 1 saturated carbocycles. The van der Waals surface area contributed by atoms with Crippen molar-refractivity contribution in [1.29, 1.82) is 0 Å². The number of ether oxygens (including phenoxy) is 1. The van der Waals surface area contributed by atoms with Gasteiger partial charge in [0, 0.05) is 18.7 Å². The smallest absolute Gasteiger partial charge is 0.410 e. The van der Waals surface area contributed by atoms with Crippen LogP contribution >= 0.6 is 0 Å². The molecule has 2 N–H and O–H groups in total. The summed E-state index contributed by atoms with van der Waals surface area (Å²) in [7, 11) is 0. The average Bonchev–Trinajstić information content (AvgIpc) is 3.20. The van der Waals surface area contributed by atoms with Crippen molar-refractivity contribution in [2.24, 2.45) is 5.41 Å². The van der Waals surface area contributed by atoms with E-state index in [9.17, 15) is 19.5 Å². The van der Waals surface area contributed by atoms with Gasteiger partial charge in [-0.15, -0.1) is 0 Å². The maximum atomic E-state index is 12.2. The highest BCUT2D eigenvalue weighted by atomic mass is 16.6. The molecule has 2 fully saturated rings. The van der Waals surface area contributed by atoms with Crippen molar-refractivity contribution in [3.63, 3.8) is 0 Å². The molecule has 0 unspecified atom stereocenters. The third-order valence-corrected chi connectivity index (χ3v) is 4.97. The Morgan fingerprint density at radius 1 is 1.20 bits per heavy atom. The number of hydrogen-bond acceptors (Lipinski definition) is 4. The van der Waals surface area contributed by atoms with Crippen LogP contribution in [-0.2, 0) is 20.9 Å². The highest BCUT2D eigenvalue weighted by molar-refractivity contribution is 5.94. The number of rotatable bonds is 6. The lowest BCUT2D eigenvalue weighted by Crippen LogP contribution is -2.32. The van der Waals surface area contributed by atoms with Gasteiger partial charge in [-0.25, -0.2) is 4.79 Å². The summed E-state index contributed by atoms with van der Waals surface area (Å²) in [5.74, 6) is -1.16. The maximum Gasteiger partial charge on any atom is 0.410 e. The minimum Gasteiger partial charge on any atom is -0.481 e. The van der Waals surface area contributed by atoms with Gasteiger partial charge in [-0.1, -0.05) is 25.0 Å². The Kier molecular flexibility index (Phi) is 4.92. The van der Waals surface area contributed by atoms with Gasteiger partial charge in [0.05, 0.1) is 12.0 Å². The van der Waals surface area contributed by atoms with E-state index < -0.39 is 11.4 Å². The second-order valence-corrected chi connectivity index (χ2v) is 6.75. The van der Waals surface area contributed by atoms with Crippen LogP contribution in [0, 0.1) is 5.41 Å². The fraction of sp³-hybridized carbons (Fsp3) is 0.500. The van der Waals surface area contributed by atoms with Gasteiger partial charge in [0.1, 0.15) is 6.61 Å². The fourth-order valence-electron chi connectivity index (χ4n) is 3.51. The summed E-state index contributed by atoms with van der Waals surface area (Å²) in [5.41, 5.74) is 0.645. The van der Waals surface area contributed by atoms with E-state index in [1.54, 1.807) is 17.0 Å². The van der Waals surface area contributed by atoms with Gasteiger partial charge >= 0.3 is 12.1 Å². The number of nitrogens with one attached hydrogen (secondary N) is 1. The van der Waals surface area contributed by atoms with Gasteiger partial charge in [0.2, 0.25) is 5.91 Å². The molecule has 1 heterocycles. The van der Waals surface area contributed by atoms with E-state index in [0.717, 1.165) is 18.4 Å². The molecule has 0 bridgehead atoms. The first kappa shape index (κ1) is 17.3. The van der Waals surface area contributed by atoms with Crippen molar-refractivity contribution >= 4 is 23.7 Å². The van der Waals surface area contributed by atoms with E-state index in [2.05, 4.69) is 5.32 Å². The van der Waals surface area contributed by atoms with Crippen molar-refractivity contribution < 1.29 is 24.2 Å². The molecule has 0 aromatic heterocycles. The summed E-state index contributed by atoms with van der Waals surface area (Å²) in [6, 6.07) is 7.20. The lowest BCUT2D eigenvalue weighted by Gasteiger charge is -2.22. The molecule has 7 nitrogen and oxygen atoms in total. The SMILES string of the molecule is O=C(CC1(C(=O)O)CCCC1)Nc1ccc(CN2CCOC2=O)cc1. The zero-order valence-electron chi connectivity index (χ0n) is 14.0. The van der Waals surface area contributed by atoms with Gasteiger partial charge in [-0.2, -0.15) is 0 Å². The zero-order valence-corrected chi connectivity index (χ0v) is 14.0. The van der Waals surface area contributed by atoms with Crippen LogP contribution in [0.2, 0.25) is 0 Å². The number of aliphatic carboxylic acids is 1. The van der Waals surface area contributed by atoms with Crippen molar-refractivity contribution in [3.05, 3.63) is 29.8 Å². The van der Waals surface area contributed by atoms with Crippen molar-refractivity contribution in [3.8, 4) is 0 Å². The van der Waals surface area contributed by atoms with Crippen molar-refractivity contribution in [2.75, 3.05) is 18.5 Å². The summed E-state index contributed by atoms with van der Waals surface area (Å²) < 4.78 is 4.89. The molecule has 134 valence electrons. The molecule has 2 aliphatic rings. The third kappa shape index (κ3) is 3.92. The largest absolute Gasteiger partial charge is 0.481 e.